The third-order valence-electron chi connectivity index (χ3n) is 4.43. The van der Waals surface area contributed by atoms with E-state index in [9.17, 15) is 0 Å². The fraction of sp³-hybridized carbons (Fsp3) is 0.444. The van der Waals surface area contributed by atoms with Gasteiger partial charge in [0.2, 0.25) is 0 Å². The van der Waals surface area contributed by atoms with Crippen LogP contribution in [0.5, 0.6) is 0 Å². The van der Waals surface area contributed by atoms with Gasteiger partial charge in [-0.25, -0.2) is 0 Å². The van der Waals surface area contributed by atoms with Gasteiger partial charge in [-0.05, 0) is 43.5 Å². The Balaban J connectivity index is 1.45. The molecule has 1 saturated heterocycles. The highest BCUT2D eigenvalue weighted by Crippen LogP contribution is 2.27. The summed E-state index contributed by atoms with van der Waals surface area (Å²) in [5, 5.41) is 3.48. The lowest BCUT2D eigenvalue weighted by Crippen LogP contribution is -2.38. The van der Waals surface area contributed by atoms with Crippen LogP contribution >= 0.6 is 0 Å². The minimum absolute atomic E-state index is 0.564. The standard InChI is InChI=1S/C18H24N2O/c1-15(12-19-13-18-8-5-11-21-18)20-10-9-17(14-20)16-6-3-2-4-7-16/h2-8,11,15,17,19H,9-10,12-14H2,1H3. The molecule has 112 valence electrons. The molecule has 3 rings (SSSR count). The van der Waals surface area contributed by atoms with Crippen LogP contribution in [0.3, 0.4) is 0 Å². The van der Waals surface area contributed by atoms with E-state index in [4.69, 9.17) is 4.42 Å². The van der Waals surface area contributed by atoms with Crippen molar-refractivity contribution in [2.24, 2.45) is 0 Å². The second-order valence-corrected chi connectivity index (χ2v) is 5.95. The molecule has 0 amide bonds. The molecule has 2 unspecified atom stereocenters. The Hall–Kier alpha value is -1.58. The minimum atomic E-state index is 0.564. The molecule has 3 nitrogen and oxygen atoms in total. The van der Waals surface area contributed by atoms with Gasteiger partial charge in [-0.2, -0.15) is 0 Å². The van der Waals surface area contributed by atoms with Gasteiger partial charge in [-0.3, -0.25) is 4.90 Å². The fourth-order valence-corrected chi connectivity index (χ4v) is 3.13. The zero-order chi connectivity index (χ0) is 14.5. The molecule has 1 N–H and O–H groups in total. The average Bonchev–Trinajstić information content (AvgIpc) is 3.20. The van der Waals surface area contributed by atoms with E-state index in [1.54, 1.807) is 6.26 Å². The maximum Gasteiger partial charge on any atom is 0.117 e. The van der Waals surface area contributed by atoms with Crippen molar-refractivity contribution in [1.82, 2.24) is 10.2 Å². The van der Waals surface area contributed by atoms with Crippen LogP contribution in [0.2, 0.25) is 0 Å². The number of hydrogen-bond acceptors (Lipinski definition) is 3. The molecule has 21 heavy (non-hydrogen) atoms. The summed E-state index contributed by atoms with van der Waals surface area (Å²) in [7, 11) is 0. The number of benzene rings is 1. The lowest BCUT2D eigenvalue weighted by atomic mass is 9.99. The Morgan fingerprint density at radius 2 is 2.10 bits per heavy atom. The second kappa shape index (κ2) is 6.92. The van der Waals surface area contributed by atoms with Crippen molar-refractivity contribution in [2.75, 3.05) is 19.6 Å². The molecule has 1 fully saturated rings. The van der Waals surface area contributed by atoms with Crippen LogP contribution in [0.1, 0.15) is 30.6 Å². The molecule has 0 aliphatic carbocycles. The van der Waals surface area contributed by atoms with E-state index in [0.717, 1.165) is 18.8 Å². The SMILES string of the molecule is CC(CNCc1ccco1)N1CCC(c2ccccc2)C1. The van der Waals surface area contributed by atoms with E-state index in [1.807, 2.05) is 12.1 Å². The van der Waals surface area contributed by atoms with E-state index >= 15 is 0 Å². The van der Waals surface area contributed by atoms with Gasteiger partial charge in [0.05, 0.1) is 12.8 Å². The van der Waals surface area contributed by atoms with E-state index in [1.165, 1.54) is 25.1 Å². The topological polar surface area (TPSA) is 28.4 Å². The third-order valence-corrected chi connectivity index (χ3v) is 4.43. The zero-order valence-electron chi connectivity index (χ0n) is 12.7. The predicted molar refractivity (Wildman–Crippen MR) is 85.2 cm³/mol. The summed E-state index contributed by atoms with van der Waals surface area (Å²) in [6, 6.07) is 15.4. The fourth-order valence-electron chi connectivity index (χ4n) is 3.13. The number of nitrogens with zero attached hydrogens (tertiary/aromatic N) is 1. The van der Waals surface area contributed by atoms with Crippen LogP contribution in [-0.4, -0.2) is 30.6 Å². The second-order valence-electron chi connectivity index (χ2n) is 5.95. The van der Waals surface area contributed by atoms with Gasteiger partial charge in [-0.1, -0.05) is 30.3 Å². The molecular formula is C18H24N2O. The van der Waals surface area contributed by atoms with Gasteiger partial charge >= 0.3 is 0 Å². The van der Waals surface area contributed by atoms with Crippen molar-refractivity contribution in [1.29, 1.82) is 0 Å². The van der Waals surface area contributed by atoms with Crippen LogP contribution in [0, 0.1) is 0 Å². The first kappa shape index (κ1) is 14.4. The Labute approximate surface area is 127 Å². The summed E-state index contributed by atoms with van der Waals surface area (Å²) >= 11 is 0. The zero-order valence-corrected chi connectivity index (χ0v) is 12.7. The van der Waals surface area contributed by atoms with Gasteiger partial charge in [0.15, 0.2) is 0 Å². The molecule has 1 aromatic carbocycles. The summed E-state index contributed by atoms with van der Waals surface area (Å²) in [6.45, 7) is 6.49. The van der Waals surface area contributed by atoms with Crippen LogP contribution in [0.25, 0.3) is 0 Å². The first-order chi connectivity index (χ1) is 10.3. The quantitative estimate of drug-likeness (QED) is 0.882. The molecule has 0 radical (unpaired) electrons. The largest absolute Gasteiger partial charge is 0.468 e. The summed E-state index contributed by atoms with van der Waals surface area (Å²) in [6.07, 6.45) is 3.00. The van der Waals surface area contributed by atoms with Crippen molar-refractivity contribution in [3.63, 3.8) is 0 Å². The van der Waals surface area contributed by atoms with Gasteiger partial charge in [-0.15, -0.1) is 0 Å². The molecule has 1 aliphatic heterocycles. The maximum atomic E-state index is 5.34. The van der Waals surface area contributed by atoms with Crippen LogP contribution in [-0.2, 0) is 6.54 Å². The first-order valence-electron chi connectivity index (χ1n) is 7.85. The van der Waals surface area contributed by atoms with Crippen molar-refractivity contribution >= 4 is 0 Å². The van der Waals surface area contributed by atoms with Gasteiger partial charge in [0, 0.05) is 19.1 Å². The Bertz CT molecular complexity index is 523. The van der Waals surface area contributed by atoms with Gasteiger partial charge < -0.3 is 9.73 Å². The normalized spacial score (nSPS) is 20.7. The molecule has 0 bridgehead atoms. The summed E-state index contributed by atoms with van der Waals surface area (Å²) < 4.78 is 5.34. The lowest BCUT2D eigenvalue weighted by Gasteiger charge is -2.24. The highest BCUT2D eigenvalue weighted by molar-refractivity contribution is 5.21. The molecular weight excluding hydrogens is 260 g/mol. The molecule has 2 aromatic rings. The Morgan fingerprint density at radius 3 is 2.86 bits per heavy atom. The van der Waals surface area contributed by atoms with Crippen molar-refractivity contribution in [3.8, 4) is 0 Å². The lowest BCUT2D eigenvalue weighted by molar-refractivity contribution is 0.247. The average molecular weight is 284 g/mol. The highest BCUT2D eigenvalue weighted by Gasteiger charge is 2.26. The van der Waals surface area contributed by atoms with Crippen LogP contribution < -0.4 is 5.32 Å². The number of likely N-dealkylation sites (tertiary alicyclic amines) is 1. The maximum absolute atomic E-state index is 5.34. The van der Waals surface area contributed by atoms with Gasteiger partial charge in [0.25, 0.3) is 0 Å². The van der Waals surface area contributed by atoms with Crippen molar-refractivity contribution < 1.29 is 4.42 Å². The predicted octanol–water partition coefficient (Wildman–Crippen LogP) is 3.25. The molecule has 0 spiro atoms. The van der Waals surface area contributed by atoms with E-state index in [2.05, 4.69) is 47.5 Å². The van der Waals surface area contributed by atoms with E-state index < -0.39 is 0 Å². The summed E-state index contributed by atoms with van der Waals surface area (Å²) in [4.78, 5) is 2.59. The molecule has 2 heterocycles. The number of rotatable bonds is 6. The Morgan fingerprint density at radius 1 is 1.24 bits per heavy atom. The minimum Gasteiger partial charge on any atom is -0.468 e. The molecule has 2 atom stereocenters. The molecule has 3 heteroatoms. The number of hydrogen-bond donors (Lipinski definition) is 1. The van der Waals surface area contributed by atoms with Crippen molar-refractivity contribution in [2.45, 2.75) is 31.8 Å². The summed E-state index contributed by atoms with van der Waals surface area (Å²) in [5.74, 6) is 1.70. The van der Waals surface area contributed by atoms with E-state index in [-0.39, 0.29) is 0 Å². The van der Waals surface area contributed by atoms with Crippen LogP contribution in [0.15, 0.2) is 53.1 Å². The van der Waals surface area contributed by atoms with Gasteiger partial charge in [0.1, 0.15) is 5.76 Å². The highest BCUT2D eigenvalue weighted by atomic mass is 16.3. The van der Waals surface area contributed by atoms with Crippen LogP contribution in [0.4, 0.5) is 0 Å². The summed E-state index contributed by atoms with van der Waals surface area (Å²) in [5.41, 5.74) is 1.48. The Kier molecular flexibility index (Phi) is 4.73. The molecule has 1 aromatic heterocycles. The van der Waals surface area contributed by atoms with Crippen molar-refractivity contribution in [3.05, 3.63) is 60.1 Å². The smallest absolute Gasteiger partial charge is 0.117 e. The number of nitrogens with one attached hydrogen (secondary N) is 1. The van der Waals surface area contributed by atoms with E-state index in [0.29, 0.717) is 12.0 Å². The monoisotopic (exact) mass is 284 g/mol. The molecule has 1 aliphatic rings. The number of furan rings is 1. The first-order valence-corrected chi connectivity index (χ1v) is 7.85. The molecule has 0 saturated carbocycles. The third kappa shape index (κ3) is 3.74.